The van der Waals surface area contributed by atoms with Gasteiger partial charge in [0, 0.05) is 13.0 Å². The Hall–Kier alpha value is -1.52. The zero-order chi connectivity index (χ0) is 15.8. The Bertz CT molecular complexity index is 314. The lowest BCUT2D eigenvalue weighted by atomic mass is 10.2. The highest BCUT2D eigenvalue weighted by Crippen LogP contribution is 2.09. The summed E-state index contributed by atoms with van der Waals surface area (Å²) < 4.78 is 10.3. The molecule has 116 valence electrons. The molecule has 0 saturated heterocycles. The maximum atomic E-state index is 11.4. The van der Waals surface area contributed by atoms with Gasteiger partial charge in [0.1, 0.15) is 11.2 Å². The molecule has 0 fully saturated rings. The van der Waals surface area contributed by atoms with Gasteiger partial charge >= 0.3 is 12.1 Å². The number of allylic oxidation sites excluding steroid dienone is 1. The van der Waals surface area contributed by atoms with Crippen LogP contribution in [0.3, 0.4) is 0 Å². The molecule has 0 unspecified atom stereocenters. The summed E-state index contributed by atoms with van der Waals surface area (Å²) >= 11 is 0. The van der Waals surface area contributed by atoms with Crippen LogP contribution >= 0.6 is 0 Å². The van der Waals surface area contributed by atoms with Crippen molar-refractivity contribution in [2.75, 3.05) is 6.54 Å². The van der Waals surface area contributed by atoms with Crippen molar-refractivity contribution in [3.05, 3.63) is 12.2 Å². The predicted molar refractivity (Wildman–Crippen MR) is 78.5 cm³/mol. The van der Waals surface area contributed by atoms with Crippen molar-refractivity contribution >= 4 is 12.1 Å². The van der Waals surface area contributed by atoms with Crippen LogP contribution in [0.25, 0.3) is 0 Å². The van der Waals surface area contributed by atoms with Gasteiger partial charge in [-0.25, -0.2) is 4.79 Å². The number of alkyl carbamates (subject to hydrolysis) is 1. The van der Waals surface area contributed by atoms with Crippen LogP contribution in [0.1, 0.15) is 54.4 Å². The number of hydrogen-bond acceptors (Lipinski definition) is 4. The number of carbonyl (C=O) groups is 2. The molecular weight excluding hydrogens is 258 g/mol. The molecule has 1 N–H and O–H groups in total. The number of carbonyl (C=O) groups excluding carboxylic acids is 2. The first-order valence-electron chi connectivity index (χ1n) is 6.83. The van der Waals surface area contributed by atoms with E-state index in [-0.39, 0.29) is 5.97 Å². The van der Waals surface area contributed by atoms with E-state index in [4.69, 9.17) is 9.47 Å². The van der Waals surface area contributed by atoms with Crippen LogP contribution in [0.5, 0.6) is 0 Å². The standard InChI is InChI=1S/C15H27NO4/c1-14(2,3)19-12(17)10-8-7-9-11-16-13(18)20-15(4,5)6/h7,9H,8,10-11H2,1-6H3,(H,16,18)/b9-7+. The summed E-state index contributed by atoms with van der Waals surface area (Å²) in [4.78, 5) is 22.7. The molecule has 1 amide bonds. The van der Waals surface area contributed by atoms with Crippen LogP contribution in [0.15, 0.2) is 12.2 Å². The number of rotatable bonds is 5. The molecule has 0 rings (SSSR count). The van der Waals surface area contributed by atoms with Crippen molar-refractivity contribution in [2.24, 2.45) is 0 Å². The second kappa shape index (κ2) is 7.92. The molecule has 0 spiro atoms. The van der Waals surface area contributed by atoms with Gasteiger partial charge in [-0.15, -0.1) is 0 Å². The van der Waals surface area contributed by atoms with Gasteiger partial charge in [-0.05, 0) is 48.0 Å². The molecule has 0 saturated carbocycles. The first-order chi connectivity index (χ1) is 8.99. The van der Waals surface area contributed by atoms with Crippen molar-refractivity contribution in [1.29, 1.82) is 0 Å². The van der Waals surface area contributed by atoms with Crippen LogP contribution in [-0.4, -0.2) is 29.8 Å². The van der Waals surface area contributed by atoms with Crippen LogP contribution in [-0.2, 0) is 14.3 Å². The number of nitrogens with one attached hydrogen (secondary N) is 1. The topological polar surface area (TPSA) is 64.6 Å². The largest absolute Gasteiger partial charge is 0.460 e. The fourth-order valence-electron chi connectivity index (χ4n) is 1.25. The van der Waals surface area contributed by atoms with Crippen molar-refractivity contribution < 1.29 is 19.1 Å². The van der Waals surface area contributed by atoms with Gasteiger partial charge in [-0.1, -0.05) is 12.2 Å². The Morgan fingerprint density at radius 1 is 0.950 bits per heavy atom. The molecule has 0 aliphatic heterocycles. The second-order valence-electron chi connectivity index (χ2n) is 6.48. The molecule has 0 bridgehead atoms. The van der Waals surface area contributed by atoms with Crippen molar-refractivity contribution in [3.63, 3.8) is 0 Å². The average molecular weight is 285 g/mol. The van der Waals surface area contributed by atoms with E-state index < -0.39 is 17.3 Å². The molecule has 0 aliphatic carbocycles. The van der Waals surface area contributed by atoms with E-state index in [1.165, 1.54) is 0 Å². The molecule has 5 nitrogen and oxygen atoms in total. The van der Waals surface area contributed by atoms with E-state index in [1.807, 2.05) is 47.6 Å². The molecular formula is C15H27NO4. The van der Waals surface area contributed by atoms with Gasteiger partial charge in [0.2, 0.25) is 0 Å². The summed E-state index contributed by atoms with van der Waals surface area (Å²) in [7, 11) is 0. The SMILES string of the molecule is CC(C)(C)OC(=O)CC/C=C/CNC(=O)OC(C)(C)C. The molecule has 0 aliphatic rings. The van der Waals surface area contributed by atoms with Crippen molar-refractivity contribution in [1.82, 2.24) is 5.32 Å². The fraction of sp³-hybridized carbons (Fsp3) is 0.733. The summed E-state index contributed by atoms with van der Waals surface area (Å²) in [6, 6.07) is 0. The number of hydrogen-bond donors (Lipinski definition) is 1. The maximum Gasteiger partial charge on any atom is 0.407 e. The summed E-state index contributed by atoms with van der Waals surface area (Å²) in [6.45, 7) is 11.3. The highest BCUT2D eigenvalue weighted by atomic mass is 16.6. The lowest BCUT2D eigenvalue weighted by molar-refractivity contribution is -0.154. The predicted octanol–water partition coefficient (Wildman–Crippen LogP) is 3.19. The first kappa shape index (κ1) is 18.5. The lowest BCUT2D eigenvalue weighted by Crippen LogP contribution is -2.32. The van der Waals surface area contributed by atoms with Gasteiger partial charge in [-0.2, -0.15) is 0 Å². The van der Waals surface area contributed by atoms with Crippen molar-refractivity contribution in [2.45, 2.75) is 65.6 Å². The summed E-state index contributed by atoms with van der Waals surface area (Å²) in [6.07, 6.45) is 4.09. The van der Waals surface area contributed by atoms with E-state index in [0.29, 0.717) is 19.4 Å². The molecule has 0 heterocycles. The Balaban J connectivity index is 3.73. The highest BCUT2D eigenvalue weighted by Gasteiger charge is 2.15. The monoisotopic (exact) mass is 285 g/mol. The van der Waals surface area contributed by atoms with Crippen LogP contribution in [0, 0.1) is 0 Å². The van der Waals surface area contributed by atoms with Crippen molar-refractivity contribution in [3.8, 4) is 0 Å². The number of esters is 1. The van der Waals surface area contributed by atoms with Gasteiger partial charge in [0.25, 0.3) is 0 Å². The molecule has 20 heavy (non-hydrogen) atoms. The summed E-state index contributed by atoms with van der Waals surface area (Å²) in [5.74, 6) is -0.220. The third-order valence-electron chi connectivity index (χ3n) is 1.86. The smallest absolute Gasteiger partial charge is 0.407 e. The normalized spacial score (nSPS) is 12.3. The lowest BCUT2D eigenvalue weighted by Gasteiger charge is -2.19. The zero-order valence-corrected chi connectivity index (χ0v) is 13.4. The van der Waals surface area contributed by atoms with Crippen LogP contribution in [0.4, 0.5) is 4.79 Å². The number of ether oxygens (including phenoxy) is 2. The Morgan fingerprint density at radius 2 is 1.50 bits per heavy atom. The Morgan fingerprint density at radius 3 is 2.00 bits per heavy atom. The van der Waals surface area contributed by atoms with Gasteiger partial charge in [-0.3, -0.25) is 4.79 Å². The Kier molecular flexibility index (Phi) is 7.32. The number of amides is 1. The molecule has 0 aromatic rings. The average Bonchev–Trinajstić information content (AvgIpc) is 2.17. The van der Waals surface area contributed by atoms with Gasteiger partial charge in [0.15, 0.2) is 0 Å². The van der Waals surface area contributed by atoms with E-state index in [1.54, 1.807) is 6.08 Å². The molecule has 0 radical (unpaired) electrons. The Labute approximate surface area is 121 Å². The minimum Gasteiger partial charge on any atom is -0.460 e. The van der Waals surface area contributed by atoms with Crippen LogP contribution in [0.2, 0.25) is 0 Å². The minimum atomic E-state index is -0.496. The third-order valence-corrected chi connectivity index (χ3v) is 1.86. The van der Waals surface area contributed by atoms with Gasteiger partial charge < -0.3 is 14.8 Å². The van der Waals surface area contributed by atoms with E-state index in [9.17, 15) is 9.59 Å². The van der Waals surface area contributed by atoms with E-state index in [2.05, 4.69) is 5.32 Å². The van der Waals surface area contributed by atoms with E-state index >= 15 is 0 Å². The molecule has 5 heteroatoms. The minimum absolute atomic E-state index is 0.220. The van der Waals surface area contributed by atoms with Crippen LogP contribution < -0.4 is 5.32 Å². The highest BCUT2D eigenvalue weighted by molar-refractivity contribution is 5.70. The fourth-order valence-corrected chi connectivity index (χ4v) is 1.25. The summed E-state index contributed by atoms with van der Waals surface area (Å²) in [5, 5.41) is 2.60. The molecule has 0 aromatic carbocycles. The van der Waals surface area contributed by atoms with E-state index in [0.717, 1.165) is 0 Å². The summed E-state index contributed by atoms with van der Waals surface area (Å²) in [5.41, 5.74) is -0.941. The third kappa shape index (κ3) is 12.9. The quantitative estimate of drug-likeness (QED) is 0.622. The maximum absolute atomic E-state index is 11.4. The van der Waals surface area contributed by atoms with Gasteiger partial charge in [0.05, 0.1) is 0 Å². The second-order valence-corrected chi connectivity index (χ2v) is 6.48. The molecule has 0 aromatic heterocycles. The zero-order valence-electron chi connectivity index (χ0n) is 13.4. The molecule has 0 atom stereocenters. The first-order valence-corrected chi connectivity index (χ1v) is 6.83.